The second-order valence-electron chi connectivity index (χ2n) is 6.28. The predicted octanol–water partition coefficient (Wildman–Crippen LogP) is 4.07. The van der Waals surface area contributed by atoms with Gasteiger partial charge in [0, 0.05) is 29.4 Å². The quantitative estimate of drug-likeness (QED) is 0.652. The molecule has 1 N–H and O–H groups in total. The first kappa shape index (κ1) is 18.9. The maximum atomic E-state index is 12.3. The van der Waals surface area contributed by atoms with Crippen LogP contribution in [0.2, 0.25) is 5.02 Å². The fraction of sp³-hybridized carbons (Fsp3) is 0.250. The van der Waals surface area contributed by atoms with Gasteiger partial charge >= 0.3 is 0 Å². The lowest BCUT2D eigenvalue weighted by Gasteiger charge is -2.06. The minimum absolute atomic E-state index is 0.198. The van der Waals surface area contributed by atoms with Gasteiger partial charge in [0.1, 0.15) is 0 Å². The zero-order valence-corrected chi connectivity index (χ0v) is 16.4. The average Bonchev–Trinajstić information content (AvgIpc) is 3.22. The molecule has 0 aliphatic rings. The summed E-state index contributed by atoms with van der Waals surface area (Å²) >= 11 is 5.93. The molecule has 6 nitrogen and oxygen atoms in total. The number of hydrogen-bond acceptors (Lipinski definition) is 3. The summed E-state index contributed by atoms with van der Waals surface area (Å²) in [5.74, 6) is -0.198. The number of benzene rings is 1. The van der Waals surface area contributed by atoms with Crippen molar-refractivity contribution < 1.29 is 4.79 Å². The molecule has 3 aromatic rings. The number of hydrogen-bond donors (Lipinski definition) is 1. The van der Waals surface area contributed by atoms with Crippen LogP contribution >= 0.6 is 11.6 Å². The van der Waals surface area contributed by atoms with Gasteiger partial charge in [-0.1, -0.05) is 23.7 Å². The number of halogens is 1. The van der Waals surface area contributed by atoms with Crippen LogP contribution in [0.3, 0.4) is 0 Å². The van der Waals surface area contributed by atoms with E-state index in [1.54, 1.807) is 12.3 Å². The smallest absolute Gasteiger partial charge is 0.248 e. The van der Waals surface area contributed by atoms with Gasteiger partial charge in [0.05, 0.1) is 29.8 Å². The van der Waals surface area contributed by atoms with Crippen LogP contribution in [0.5, 0.6) is 0 Å². The minimum Gasteiger partial charge on any atom is -0.319 e. The van der Waals surface area contributed by atoms with Gasteiger partial charge in [-0.2, -0.15) is 10.2 Å². The third-order valence-corrected chi connectivity index (χ3v) is 4.53. The van der Waals surface area contributed by atoms with Gasteiger partial charge in [0.15, 0.2) is 0 Å². The molecule has 3 rings (SSSR count). The Kier molecular flexibility index (Phi) is 5.76. The third kappa shape index (κ3) is 4.65. The second kappa shape index (κ2) is 8.22. The number of aromatic nitrogens is 4. The average molecular weight is 384 g/mol. The summed E-state index contributed by atoms with van der Waals surface area (Å²) in [5.41, 5.74) is 4.41. The maximum Gasteiger partial charge on any atom is 0.248 e. The van der Waals surface area contributed by atoms with Gasteiger partial charge in [-0.05, 0) is 44.5 Å². The highest BCUT2D eigenvalue weighted by Gasteiger charge is 2.13. The van der Waals surface area contributed by atoms with Crippen LogP contribution in [0.1, 0.15) is 29.4 Å². The number of nitrogens with one attached hydrogen (secondary N) is 1. The summed E-state index contributed by atoms with van der Waals surface area (Å²) in [4.78, 5) is 12.3. The zero-order chi connectivity index (χ0) is 19.4. The molecule has 0 fully saturated rings. The topological polar surface area (TPSA) is 64.7 Å². The molecule has 140 valence electrons. The molecule has 0 saturated carbocycles. The molecule has 1 amide bonds. The molecule has 0 bridgehead atoms. The van der Waals surface area contributed by atoms with Crippen molar-refractivity contribution in [3.05, 3.63) is 70.3 Å². The number of rotatable bonds is 6. The van der Waals surface area contributed by atoms with Crippen molar-refractivity contribution in [2.45, 2.75) is 33.9 Å². The first-order chi connectivity index (χ1) is 13.0. The van der Waals surface area contributed by atoms with E-state index < -0.39 is 0 Å². The van der Waals surface area contributed by atoms with Crippen LogP contribution in [0.4, 0.5) is 5.69 Å². The number of aryl methyl sites for hydroxylation is 2. The molecule has 0 radical (unpaired) electrons. The highest BCUT2D eigenvalue weighted by Crippen LogP contribution is 2.21. The van der Waals surface area contributed by atoms with Crippen LogP contribution in [0.25, 0.3) is 6.08 Å². The normalized spacial score (nSPS) is 11.3. The number of carbonyl (C=O) groups is 1. The Labute approximate surface area is 163 Å². The molecule has 0 aliphatic carbocycles. The monoisotopic (exact) mass is 383 g/mol. The molecule has 7 heteroatoms. The zero-order valence-electron chi connectivity index (χ0n) is 15.6. The Balaban J connectivity index is 1.70. The maximum absolute atomic E-state index is 12.3. The van der Waals surface area contributed by atoms with E-state index in [2.05, 4.69) is 15.5 Å². The van der Waals surface area contributed by atoms with Gasteiger partial charge < -0.3 is 5.32 Å². The summed E-state index contributed by atoms with van der Waals surface area (Å²) in [6.07, 6.45) is 6.88. The van der Waals surface area contributed by atoms with E-state index in [0.717, 1.165) is 34.7 Å². The SMILES string of the molecule is CCn1cc(/C=C\C(=O)Nc2c(C)nn(Cc3ccc(Cl)cc3)c2C)cn1. The Hall–Kier alpha value is -2.86. The molecule has 1 aromatic carbocycles. The van der Waals surface area contributed by atoms with Crippen molar-refractivity contribution in [2.75, 3.05) is 5.32 Å². The summed E-state index contributed by atoms with van der Waals surface area (Å²) < 4.78 is 3.69. The lowest BCUT2D eigenvalue weighted by atomic mass is 10.2. The minimum atomic E-state index is -0.198. The van der Waals surface area contributed by atoms with Gasteiger partial charge in [-0.3, -0.25) is 14.2 Å². The highest BCUT2D eigenvalue weighted by atomic mass is 35.5. The van der Waals surface area contributed by atoms with Crippen LogP contribution in [-0.4, -0.2) is 25.5 Å². The van der Waals surface area contributed by atoms with E-state index in [0.29, 0.717) is 11.6 Å². The Bertz CT molecular complexity index is 969. The predicted molar refractivity (Wildman–Crippen MR) is 108 cm³/mol. The first-order valence-electron chi connectivity index (χ1n) is 8.76. The first-order valence-corrected chi connectivity index (χ1v) is 9.14. The molecule has 0 atom stereocenters. The van der Waals surface area contributed by atoms with Gasteiger partial charge in [-0.15, -0.1) is 0 Å². The molecule has 0 unspecified atom stereocenters. The van der Waals surface area contributed by atoms with Crippen molar-refractivity contribution in [3.63, 3.8) is 0 Å². The fourth-order valence-electron chi connectivity index (χ4n) is 2.77. The molecule has 0 aliphatic heterocycles. The number of anilines is 1. The van der Waals surface area contributed by atoms with Crippen molar-refractivity contribution in [1.29, 1.82) is 0 Å². The lowest BCUT2D eigenvalue weighted by molar-refractivity contribution is -0.111. The van der Waals surface area contributed by atoms with Crippen LogP contribution in [-0.2, 0) is 17.9 Å². The Morgan fingerprint density at radius 1 is 1.26 bits per heavy atom. The van der Waals surface area contributed by atoms with Gasteiger partial charge in [-0.25, -0.2) is 0 Å². The summed E-state index contributed by atoms with van der Waals surface area (Å²) in [5, 5.41) is 12.4. The van der Waals surface area contributed by atoms with Crippen LogP contribution < -0.4 is 5.32 Å². The van der Waals surface area contributed by atoms with Crippen molar-refractivity contribution in [3.8, 4) is 0 Å². The third-order valence-electron chi connectivity index (χ3n) is 4.28. The van der Waals surface area contributed by atoms with Crippen molar-refractivity contribution >= 4 is 29.3 Å². The van der Waals surface area contributed by atoms with Crippen molar-refractivity contribution in [2.24, 2.45) is 0 Å². The number of amides is 1. The molecule has 2 heterocycles. The van der Waals surface area contributed by atoms with E-state index in [1.807, 2.05) is 60.6 Å². The standard InChI is InChI=1S/C20H22ClN5O/c1-4-25-12-17(11-22-25)7-10-19(27)23-20-14(2)24-26(15(20)3)13-16-5-8-18(21)9-6-16/h5-12H,4,13H2,1-3H3,(H,23,27)/b10-7-. The Morgan fingerprint density at radius 3 is 2.67 bits per heavy atom. The van der Waals surface area contributed by atoms with E-state index in [-0.39, 0.29) is 5.91 Å². The molecule has 2 aromatic heterocycles. The molecule has 0 saturated heterocycles. The lowest BCUT2D eigenvalue weighted by Crippen LogP contribution is -2.10. The molecule has 27 heavy (non-hydrogen) atoms. The summed E-state index contributed by atoms with van der Waals surface area (Å²) in [7, 11) is 0. The Morgan fingerprint density at radius 2 is 2.00 bits per heavy atom. The van der Waals surface area contributed by atoms with Crippen LogP contribution in [0, 0.1) is 13.8 Å². The molecular formula is C20H22ClN5O. The number of carbonyl (C=O) groups excluding carboxylic acids is 1. The largest absolute Gasteiger partial charge is 0.319 e. The summed E-state index contributed by atoms with van der Waals surface area (Å²) in [6.45, 7) is 7.26. The highest BCUT2D eigenvalue weighted by molar-refractivity contribution is 6.30. The van der Waals surface area contributed by atoms with E-state index >= 15 is 0 Å². The molecular weight excluding hydrogens is 362 g/mol. The summed E-state index contributed by atoms with van der Waals surface area (Å²) in [6, 6.07) is 7.65. The number of nitrogens with zero attached hydrogens (tertiary/aromatic N) is 4. The van der Waals surface area contributed by atoms with E-state index in [9.17, 15) is 4.79 Å². The van der Waals surface area contributed by atoms with Crippen LogP contribution in [0.15, 0.2) is 42.7 Å². The van der Waals surface area contributed by atoms with E-state index in [1.165, 1.54) is 6.08 Å². The second-order valence-corrected chi connectivity index (χ2v) is 6.72. The fourth-order valence-corrected chi connectivity index (χ4v) is 2.90. The van der Waals surface area contributed by atoms with Gasteiger partial charge in [0.2, 0.25) is 5.91 Å². The molecule has 0 spiro atoms. The van der Waals surface area contributed by atoms with E-state index in [4.69, 9.17) is 11.6 Å². The van der Waals surface area contributed by atoms with Crippen molar-refractivity contribution in [1.82, 2.24) is 19.6 Å². The van der Waals surface area contributed by atoms with Gasteiger partial charge in [0.25, 0.3) is 0 Å².